The molecule has 9 heteroatoms. The van der Waals surface area contributed by atoms with Gasteiger partial charge in [-0.25, -0.2) is 18.0 Å². The first kappa shape index (κ1) is 20.3. The zero-order valence-electron chi connectivity index (χ0n) is 15.8. The summed E-state index contributed by atoms with van der Waals surface area (Å²) in [5, 5.41) is 0.249. The number of thiophene rings is 1. The molecule has 28 heavy (non-hydrogen) atoms. The quantitative estimate of drug-likeness (QED) is 0.741. The van der Waals surface area contributed by atoms with E-state index in [0.717, 1.165) is 36.1 Å². The van der Waals surface area contributed by atoms with Gasteiger partial charge in [-0.15, -0.1) is 11.3 Å². The van der Waals surface area contributed by atoms with Gasteiger partial charge in [-0.05, 0) is 55.9 Å². The Bertz CT molecular complexity index is 1040. The lowest BCUT2D eigenvalue weighted by atomic mass is 9.95. The Morgan fingerprint density at radius 1 is 1.07 bits per heavy atom. The molecule has 7 nitrogen and oxygen atoms in total. The van der Waals surface area contributed by atoms with Crippen molar-refractivity contribution in [3.8, 4) is 0 Å². The molecule has 1 heterocycles. The largest absolute Gasteiger partial charge is 0.465 e. The molecule has 0 saturated carbocycles. The van der Waals surface area contributed by atoms with Crippen molar-refractivity contribution < 1.29 is 27.5 Å². The molecule has 0 atom stereocenters. The maximum Gasteiger partial charge on any atom is 0.341 e. The molecular weight excluding hydrogens is 402 g/mol. The van der Waals surface area contributed by atoms with Gasteiger partial charge in [0, 0.05) is 4.88 Å². The first-order chi connectivity index (χ1) is 13.3. The van der Waals surface area contributed by atoms with Crippen molar-refractivity contribution in [2.75, 3.05) is 18.9 Å². The predicted molar refractivity (Wildman–Crippen MR) is 106 cm³/mol. The summed E-state index contributed by atoms with van der Waals surface area (Å²) < 4.78 is 38.0. The molecular formula is C19H21NO6S2. The summed E-state index contributed by atoms with van der Waals surface area (Å²) in [6.45, 7) is 1.69. The normalized spacial score (nSPS) is 13.5. The van der Waals surface area contributed by atoms with Crippen LogP contribution in [0.2, 0.25) is 0 Å². The molecule has 1 aromatic heterocycles. The molecule has 2 aromatic rings. The number of fused-ring (bicyclic) bond motifs is 1. The Hall–Kier alpha value is -2.39. The maximum atomic E-state index is 12.9. The lowest BCUT2D eigenvalue weighted by Gasteiger charge is -2.12. The molecule has 0 fully saturated rings. The van der Waals surface area contributed by atoms with Gasteiger partial charge in [-0.1, -0.05) is 6.07 Å². The molecule has 0 amide bonds. The summed E-state index contributed by atoms with van der Waals surface area (Å²) in [7, 11) is -1.50. The van der Waals surface area contributed by atoms with Gasteiger partial charge in [0.15, 0.2) is 0 Å². The number of nitrogens with one attached hydrogen (secondary N) is 1. The van der Waals surface area contributed by atoms with Crippen LogP contribution >= 0.6 is 11.3 Å². The summed E-state index contributed by atoms with van der Waals surface area (Å²) >= 11 is 1.26. The van der Waals surface area contributed by atoms with Crippen molar-refractivity contribution in [2.24, 2.45) is 0 Å². The number of ether oxygens (including phenoxy) is 2. The highest BCUT2D eigenvalue weighted by atomic mass is 32.2. The van der Waals surface area contributed by atoms with Crippen LogP contribution in [0.4, 0.5) is 5.00 Å². The number of hydrogen-bond donors (Lipinski definition) is 1. The Morgan fingerprint density at radius 3 is 2.43 bits per heavy atom. The molecule has 0 radical (unpaired) electrons. The van der Waals surface area contributed by atoms with Gasteiger partial charge in [0.25, 0.3) is 10.0 Å². The number of rotatable bonds is 5. The SMILES string of the molecule is COC(=O)c1cc(S(=O)(=O)Nc2sc3c(c2C(=O)OC)CCCC3)ccc1C. The van der Waals surface area contributed by atoms with Gasteiger partial charge < -0.3 is 9.47 Å². The number of benzene rings is 1. The fraction of sp³-hybridized carbons (Fsp3) is 0.368. The number of esters is 2. The topological polar surface area (TPSA) is 98.8 Å². The third-order valence-corrected chi connectivity index (χ3v) is 7.40. The van der Waals surface area contributed by atoms with E-state index in [1.807, 2.05) is 0 Å². The second-order valence-electron chi connectivity index (χ2n) is 6.48. The molecule has 0 saturated heterocycles. The average Bonchev–Trinajstić information content (AvgIpc) is 3.04. The first-order valence-corrected chi connectivity index (χ1v) is 11.0. The van der Waals surface area contributed by atoms with Crippen molar-refractivity contribution in [2.45, 2.75) is 37.5 Å². The van der Waals surface area contributed by atoms with E-state index in [2.05, 4.69) is 4.72 Å². The second kappa shape index (κ2) is 7.92. The number of methoxy groups -OCH3 is 2. The van der Waals surface area contributed by atoms with E-state index < -0.39 is 22.0 Å². The van der Waals surface area contributed by atoms with E-state index in [0.29, 0.717) is 5.56 Å². The molecule has 1 aromatic carbocycles. The predicted octanol–water partition coefficient (Wildman–Crippen LogP) is 3.31. The highest BCUT2D eigenvalue weighted by Crippen LogP contribution is 2.39. The van der Waals surface area contributed by atoms with Crippen LogP contribution in [-0.2, 0) is 32.3 Å². The third-order valence-electron chi connectivity index (χ3n) is 4.71. The summed E-state index contributed by atoms with van der Waals surface area (Å²) in [4.78, 5) is 25.1. The van der Waals surface area contributed by atoms with Gasteiger partial charge in [-0.2, -0.15) is 0 Å². The van der Waals surface area contributed by atoms with Crippen LogP contribution in [0.15, 0.2) is 23.1 Å². The molecule has 0 bridgehead atoms. The highest BCUT2D eigenvalue weighted by Gasteiger charge is 2.29. The number of sulfonamides is 1. The van der Waals surface area contributed by atoms with Crippen LogP contribution < -0.4 is 4.72 Å². The highest BCUT2D eigenvalue weighted by molar-refractivity contribution is 7.93. The molecule has 1 aliphatic rings. The smallest absolute Gasteiger partial charge is 0.341 e. The zero-order chi connectivity index (χ0) is 20.5. The Morgan fingerprint density at radius 2 is 1.75 bits per heavy atom. The van der Waals surface area contributed by atoms with Crippen LogP contribution in [0.3, 0.4) is 0 Å². The number of anilines is 1. The van der Waals surface area contributed by atoms with Gasteiger partial charge in [0.05, 0.1) is 30.2 Å². The minimum Gasteiger partial charge on any atom is -0.465 e. The van der Waals surface area contributed by atoms with Crippen LogP contribution in [0.5, 0.6) is 0 Å². The van der Waals surface area contributed by atoms with Crippen molar-refractivity contribution in [1.82, 2.24) is 0 Å². The molecule has 150 valence electrons. The second-order valence-corrected chi connectivity index (χ2v) is 9.27. The van der Waals surface area contributed by atoms with Crippen LogP contribution in [0.25, 0.3) is 0 Å². The summed E-state index contributed by atoms with van der Waals surface area (Å²) in [6, 6.07) is 4.23. The van der Waals surface area contributed by atoms with E-state index in [1.54, 1.807) is 13.0 Å². The number of hydrogen-bond acceptors (Lipinski definition) is 7. The summed E-state index contributed by atoms with van der Waals surface area (Å²) in [6.07, 6.45) is 3.47. The van der Waals surface area contributed by atoms with Crippen molar-refractivity contribution >= 4 is 38.3 Å². The maximum absolute atomic E-state index is 12.9. The van der Waals surface area contributed by atoms with Crippen LogP contribution in [0.1, 0.15) is 49.6 Å². The Balaban J connectivity index is 2.03. The first-order valence-electron chi connectivity index (χ1n) is 8.73. The van der Waals surface area contributed by atoms with E-state index in [4.69, 9.17) is 9.47 Å². The van der Waals surface area contributed by atoms with Gasteiger partial charge in [0.1, 0.15) is 5.00 Å². The van der Waals surface area contributed by atoms with Gasteiger partial charge in [0.2, 0.25) is 0 Å². The van der Waals surface area contributed by atoms with Crippen LogP contribution in [0, 0.1) is 6.92 Å². The number of carbonyl (C=O) groups excluding carboxylic acids is 2. The van der Waals surface area contributed by atoms with E-state index in [9.17, 15) is 18.0 Å². The van der Waals surface area contributed by atoms with Crippen molar-refractivity contribution in [3.05, 3.63) is 45.3 Å². The number of aryl methyl sites for hydroxylation is 2. The molecule has 0 aliphatic heterocycles. The fourth-order valence-electron chi connectivity index (χ4n) is 3.23. The summed E-state index contributed by atoms with van der Waals surface area (Å²) in [5.74, 6) is -1.17. The van der Waals surface area contributed by atoms with Gasteiger partial charge >= 0.3 is 11.9 Å². The Kier molecular flexibility index (Phi) is 5.76. The van der Waals surface area contributed by atoms with E-state index in [-0.39, 0.29) is 21.0 Å². The van der Waals surface area contributed by atoms with Crippen molar-refractivity contribution in [1.29, 1.82) is 0 Å². The van der Waals surface area contributed by atoms with Crippen LogP contribution in [-0.4, -0.2) is 34.6 Å². The minimum absolute atomic E-state index is 0.0827. The zero-order valence-corrected chi connectivity index (χ0v) is 17.5. The average molecular weight is 424 g/mol. The van der Waals surface area contributed by atoms with E-state index in [1.165, 1.54) is 37.7 Å². The monoisotopic (exact) mass is 423 g/mol. The van der Waals surface area contributed by atoms with E-state index >= 15 is 0 Å². The minimum atomic E-state index is -4.01. The Labute approximate surface area is 167 Å². The fourth-order valence-corrected chi connectivity index (χ4v) is 5.84. The molecule has 3 rings (SSSR count). The molecule has 0 spiro atoms. The third kappa shape index (κ3) is 3.77. The molecule has 1 N–H and O–H groups in total. The molecule has 1 aliphatic carbocycles. The van der Waals surface area contributed by atoms with Gasteiger partial charge in [-0.3, -0.25) is 4.72 Å². The lowest BCUT2D eigenvalue weighted by molar-refractivity contribution is 0.0591. The number of carbonyl (C=O) groups is 2. The lowest BCUT2D eigenvalue weighted by Crippen LogP contribution is -2.16. The van der Waals surface area contributed by atoms with Crippen molar-refractivity contribution in [3.63, 3.8) is 0 Å². The standard InChI is InChI=1S/C19H21NO6S2/c1-11-8-9-12(10-14(11)18(21)25-2)28(23,24)20-17-16(19(22)26-3)13-6-4-5-7-15(13)27-17/h8-10,20H,4-7H2,1-3H3. The molecule has 0 unspecified atom stereocenters. The summed E-state index contributed by atoms with van der Waals surface area (Å²) in [5.41, 5.74) is 1.92.